The Kier molecular flexibility index (Phi) is 3.86. The first-order valence-corrected chi connectivity index (χ1v) is 9.52. The van der Waals surface area contributed by atoms with Crippen LogP contribution in [0.5, 0.6) is 5.75 Å². The van der Waals surface area contributed by atoms with Crippen LogP contribution in [0.4, 0.5) is 5.69 Å². The van der Waals surface area contributed by atoms with Crippen LogP contribution in [-0.4, -0.2) is 18.2 Å². The number of para-hydroxylation sites is 1. The van der Waals surface area contributed by atoms with E-state index in [0.29, 0.717) is 11.5 Å². The second kappa shape index (κ2) is 6.41. The molecule has 1 heterocycles. The van der Waals surface area contributed by atoms with E-state index >= 15 is 0 Å². The van der Waals surface area contributed by atoms with E-state index in [-0.39, 0.29) is 12.0 Å². The number of methoxy groups -OCH3 is 1. The van der Waals surface area contributed by atoms with Crippen LogP contribution in [0.2, 0.25) is 0 Å². The number of fused-ring (bicyclic) bond motifs is 5. The van der Waals surface area contributed by atoms with Crippen molar-refractivity contribution < 1.29 is 14.6 Å². The molecular formula is C24H21NO3. The number of hydrogen-bond donors (Lipinski definition) is 2. The minimum absolute atomic E-state index is 0.0144. The normalized spacial score (nSPS) is 21.8. The Bertz CT molecular complexity index is 1070. The monoisotopic (exact) mass is 371 g/mol. The summed E-state index contributed by atoms with van der Waals surface area (Å²) in [4.78, 5) is 11.9. The topological polar surface area (TPSA) is 58.6 Å². The summed E-state index contributed by atoms with van der Waals surface area (Å²) in [5, 5.41) is 13.3. The standard InChI is InChI=1S/C24H21NO3/c1-28-16-8-4-7-15(12-16)22-20-13-14-6-2-3-9-17(14)21(20)18-10-5-11-19(24(26)27)23(18)25-22/h2-12,20-22,25H,13H2,1H3,(H,26,27)/t20-,21+,22+/m1/s1. The molecule has 28 heavy (non-hydrogen) atoms. The number of hydrogen-bond acceptors (Lipinski definition) is 3. The minimum Gasteiger partial charge on any atom is -0.497 e. The fraction of sp³-hybridized carbons (Fsp3) is 0.208. The summed E-state index contributed by atoms with van der Waals surface area (Å²) in [5.74, 6) is 0.408. The van der Waals surface area contributed by atoms with Crippen molar-refractivity contribution in [3.63, 3.8) is 0 Å². The van der Waals surface area contributed by atoms with Crippen LogP contribution in [0.25, 0.3) is 0 Å². The highest BCUT2D eigenvalue weighted by atomic mass is 16.5. The summed E-state index contributed by atoms with van der Waals surface area (Å²) in [7, 11) is 1.67. The second-order valence-corrected chi connectivity index (χ2v) is 7.52. The zero-order valence-electron chi connectivity index (χ0n) is 15.6. The van der Waals surface area contributed by atoms with Gasteiger partial charge in [-0.1, -0.05) is 48.5 Å². The van der Waals surface area contributed by atoms with Gasteiger partial charge in [0.2, 0.25) is 0 Å². The van der Waals surface area contributed by atoms with E-state index in [2.05, 4.69) is 41.7 Å². The van der Waals surface area contributed by atoms with Gasteiger partial charge in [-0.15, -0.1) is 0 Å². The molecule has 4 heteroatoms. The van der Waals surface area contributed by atoms with Crippen LogP contribution in [0.15, 0.2) is 66.7 Å². The summed E-state index contributed by atoms with van der Waals surface area (Å²) in [6, 6.07) is 22.2. The number of aromatic carboxylic acids is 1. The van der Waals surface area contributed by atoms with Crippen molar-refractivity contribution >= 4 is 11.7 Å². The maximum atomic E-state index is 11.9. The van der Waals surface area contributed by atoms with Gasteiger partial charge in [0.05, 0.1) is 24.4 Å². The minimum atomic E-state index is -0.904. The first-order valence-electron chi connectivity index (χ1n) is 9.52. The summed E-state index contributed by atoms with van der Waals surface area (Å²) >= 11 is 0. The van der Waals surface area contributed by atoms with E-state index in [0.717, 1.165) is 29.0 Å². The number of carbonyl (C=O) groups is 1. The molecule has 3 aromatic carbocycles. The van der Waals surface area contributed by atoms with Gasteiger partial charge in [0.1, 0.15) is 5.75 Å². The third-order valence-electron chi connectivity index (χ3n) is 6.12. The molecule has 2 aliphatic rings. The highest BCUT2D eigenvalue weighted by molar-refractivity contribution is 5.96. The molecule has 1 aliphatic heterocycles. The van der Waals surface area contributed by atoms with E-state index in [4.69, 9.17) is 4.74 Å². The number of nitrogens with one attached hydrogen (secondary N) is 1. The predicted octanol–water partition coefficient (Wildman–Crippen LogP) is 4.86. The Labute approximate surface area is 163 Å². The van der Waals surface area contributed by atoms with Gasteiger partial charge in [0, 0.05) is 5.92 Å². The molecule has 0 aromatic heterocycles. The fourth-order valence-corrected chi connectivity index (χ4v) is 4.93. The van der Waals surface area contributed by atoms with Gasteiger partial charge in [-0.3, -0.25) is 0 Å². The van der Waals surface area contributed by atoms with Crippen LogP contribution >= 0.6 is 0 Å². The fourth-order valence-electron chi connectivity index (χ4n) is 4.93. The van der Waals surface area contributed by atoms with Crippen molar-refractivity contribution in [2.75, 3.05) is 12.4 Å². The molecule has 1 aliphatic carbocycles. The van der Waals surface area contributed by atoms with Crippen LogP contribution in [0, 0.1) is 5.92 Å². The molecule has 4 nitrogen and oxygen atoms in total. The lowest BCUT2D eigenvalue weighted by atomic mass is 9.75. The third-order valence-corrected chi connectivity index (χ3v) is 6.12. The van der Waals surface area contributed by atoms with Crippen molar-refractivity contribution in [1.29, 1.82) is 0 Å². The highest BCUT2D eigenvalue weighted by Gasteiger charge is 2.44. The van der Waals surface area contributed by atoms with Crippen LogP contribution in [0.3, 0.4) is 0 Å². The zero-order valence-corrected chi connectivity index (χ0v) is 15.6. The van der Waals surface area contributed by atoms with Crippen molar-refractivity contribution in [2.45, 2.75) is 18.4 Å². The second-order valence-electron chi connectivity index (χ2n) is 7.52. The number of anilines is 1. The lowest BCUT2D eigenvalue weighted by molar-refractivity contribution is 0.0697. The molecule has 0 amide bonds. The number of ether oxygens (including phenoxy) is 1. The number of carboxylic acids is 1. The molecule has 140 valence electrons. The Hall–Kier alpha value is -3.27. The lowest BCUT2D eigenvalue weighted by Gasteiger charge is -2.38. The molecule has 0 saturated carbocycles. The van der Waals surface area contributed by atoms with Gasteiger partial charge >= 0.3 is 5.97 Å². The molecule has 0 unspecified atom stereocenters. The van der Waals surface area contributed by atoms with E-state index in [1.54, 1.807) is 13.2 Å². The van der Waals surface area contributed by atoms with Crippen molar-refractivity contribution in [3.8, 4) is 5.75 Å². The Morgan fingerprint density at radius 2 is 1.82 bits per heavy atom. The number of benzene rings is 3. The molecule has 5 rings (SSSR count). The summed E-state index contributed by atoms with van der Waals surface area (Å²) in [6.45, 7) is 0. The maximum absolute atomic E-state index is 11.9. The number of carboxylic acid groups (broad SMARTS) is 1. The van der Waals surface area contributed by atoms with Crippen molar-refractivity contribution in [2.24, 2.45) is 5.92 Å². The largest absolute Gasteiger partial charge is 0.497 e. The summed E-state index contributed by atoms with van der Waals surface area (Å²) in [6.07, 6.45) is 0.965. The van der Waals surface area contributed by atoms with E-state index in [9.17, 15) is 9.90 Å². The molecular weight excluding hydrogens is 350 g/mol. The Morgan fingerprint density at radius 1 is 1.04 bits per heavy atom. The van der Waals surface area contributed by atoms with Gasteiger partial charge in [-0.25, -0.2) is 4.79 Å². The molecule has 3 atom stereocenters. The van der Waals surface area contributed by atoms with Gasteiger partial charge < -0.3 is 15.2 Å². The molecule has 2 N–H and O–H groups in total. The highest BCUT2D eigenvalue weighted by Crippen LogP contribution is 2.54. The first kappa shape index (κ1) is 16.9. The molecule has 3 aromatic rings. The van der Waals surface area contributed by atoms with Gasteiger partial charge in [-0.05, 0) is 52.8 Å². The van der Waals surface area contributed by atoms with Crippen LogP contribution < -0.4 is 10.1 Å². The SMILES string of the molecule is COc1cccc([C@@H]2Nc3c(C(=O)O)cccc3[C@@H]3c4ccccc4C[C@H]32)c1. The Morgan fingerprint density at radius 3 is 2.64 bits per heavy atom. The quantitative estimate of drug-likeness (QED) is 0.690. The maximum Gasteiger partial charge on any atom is 0.337 e. The first-order chi connectivity index (χ1) is 13.7. The van der Waals surface area contributed by atoms with E-state index in [1.165, 1.54) is 11.1 Å². The molecule has 0 bridgehead atoms. The van der Waals surface area contributed by atoms with Crippen molar-refractivity contribution in [3.05, 3.63) is 94.5 Å². The zero-order chi connectivity index (χ0) is 19.3. The van der Waals surface area contributed by atoms with Gasteiger partial charge in [0.25, 0.3) is 0 Å². The smallest absolute Gasteiger partial charge is 0.337 e. The predicted molar refractivity (Wildman–Crippen MR) is 108 cm³/mol. The van der Waals surface area contributed by atoms with Gasteiger partial charge in [0.15, 0.2) is 0 Å². The lowest BCUT2D eigenvalue weighted by Crippen LogP contribution is -2.31. The van der Waals surface area contributed by atoms with E-state index in [1.807, 2.05) is 24.3 Å². The van der Waals surface area contributed by atoms with Crippen molar-refractivity contribution in [1.82, 2.24) is 0 Å². The average molecular weight is 371 g/mol. The molecule has 0 fully saturated rings. The molecule has 0 spiro atoms. The summed E-state index contributed by atoms with van der Waals surface area (Å²) in [5.41, 5.74) is 5.92. The third kappa shape index (κ3) is 2.48. The molecule has 0 saturated heterocycles. The number of rotatable bonds is 3. The summed E-state index contributed by atoms with van der Waals surface area (Å²) < 4.78 is 5.43. The van der Waals surface area contributed by atoms with Crippen LogP contribution in [-0.2, 0) is 6.42 Å². The molecule has 0 radical (unpaired) electrons. The van der Waals surface area contributed by atoms with E-state index < -0.39 is 5.97 Å². The van der Waals surface area contributed by atoms with Crippen LogP contribution in [0.1, 0.15) is 44.6 Å². The average Bonchev–Trinajstić information content (AvgIpc) is 3.12. The van der Waals surface area contributed by atoms with Gasteiger partial charge in [-0.2, -0.15) is 0 Å². The Balaban J connectivity index is 1.71.